The van der Waals surface area contributed by atoms with Crippen molar-refractivity contribution in [3.05, 3.63) is 19.0 Å². The molecule has 7 heteroatoms. The Kier molecular flexibility index (Phi) is 22.7. The zero-order valence-corrected chi connectivity index (χ0v) is 34.1. The van der Waals surface area contributed by atoms with E-state index in [1.54, 1.807) is 11.3 Å². The number of unbranched alkanes of at least 4 members (excludes halogenated alkanes) is 26. The normalized spacial score (nSPS) is 12.6. The molecule has 268 valence electrons. The zero-order chi connectivity index (χ0) is 33.4. The summed E-state index contributed by atoms with van der Waals surface area (Å²) in [5.41, 5.74) is 3.49. The van der Waals surface area contributed by atoms with E-state index in [0.717, 1.165) is 54.4 Å². The van der Waals surface area contributed by atoms with Crippen LogP contribution in [0.5, 0.6) is 0 Å². The summed E-state index contributed by atoms with van der Waals surface area (Å²) in [7, 11) is 0. The smallest absolute Gasteiger partial charge is 0.191 e. The van der Waals surface area contributed by atoms with Crippen LogP contribution in [0.2, 0.25) is 0 Å². The molecule has 0 saturated carbocycles. The summed E-state index contributed by atoms with van der Waals surface area (Å²) < 4.78 is 14.6. The predicted octanol–water partition coefficient (Wildman–Crippen LogP) is 15.4. The molecule has 0 saturated heterocycles. The summed E-state index contributed by atoms with van der Waals surface area (Å²) in [5.74, 6) is 1.62. The lowest BCUT2D eigenvalue weighted by molar-refractivity contribution is 0.224. The van der Waals surface area contributed by atoms with Crippen LogP contribution in [0.15, 0.2) is 7.57 Å². The molecule has 1 aliphatic carbocycles. The number of hydrogen-bond donors (Lipinski definition) is 0. The van der Waals surface area contributed by atoms with Gasteiger partial charge in [0.05, 0.1) is 20.8 Å². The molecule has 3 rings (SSSR count). The molecule has 0 radical (unpaired) electrons. The van der Waals surface area contributed by atoms with E-state index in [-0.39, 0.29) is 0 Å². The highest BCUT2D eigenvalue weighted by molar-refractivity contribution is 9.12. The van der Waals surface area contributed by atoms with Crippen LogP contribution < -0.4 is 0 Å². The Bertz CT molecular complexity index is 1050. The Balaban J connectivity index is 1.28. The number of fused-ring (bicyclic) bond motifs is 2. The number of nitrogens with zero attached hydrogens (tertiary/aromatic N) is 2. The lowest BCUT2D eigenvalue weighted by atomic mass is 10.0. The second-order valence-corrected chi connectivity index (χ2v) is 17.5. The van der Waals surface area contributed by atoms with Crippen LogP contribution >= 0.6 is 43.2 Å². The quantitative estimate of drug-likeness (QED) is 0.0692. The molecule has 0 aromatic carbocycles. The van der Waals surface area contributed by atoms with Gasteiger partial charge < -0.3 is 9.47 Å². The minimum absolute atomic E-state index is 0.715. The molecule has 0 unspecified atom stereocenters. The Hall–Kier alpha value is -0.660. The predicted molar refractivity (Wildman–Crippen MR) is 212 cm³/mol. The second kappa shape index (κ2) is 26.2. The summed E-state index contributed by atoms with van der Waals surface area (Å²) in [4.78, 5) is 9.86. The van der Waals surface area contributed by atoms with Gasteiger partial charge in [-0.15, -0.1) is 11.3 Å². The highest BCUT2D eigenvalue weighted by Gasteiger charge is 2.35. The van der Waals surface area contributed by atoms with E-state index in [4.69, 9.17) is 19.4 Å². The number of ether oxygens (including phenoxy) is 2. The highest BCUT2D eigenvalue weighted by atomic mass is 79.9. The van der Waals surface area contributed by atoms with E-state index in [1.165, 1.54) is 167 Å². The SMILES string of the molecule is CCCCCCCCCCCCCCCCOC1=C(OCCCCCCCCCCCCCCCC)c2nc3c(Br)sc(Br)c3nc21. The van der Waals surface area contributed by atoms with Crippen molar-refractivity contribution in [2.24, 2.45) is 0 Å². The molecule has 2 aromatic rings. The number of aromatic nitrogens is 2. The topological polar surface area (TPSA) is 44.2 Å². The standard InChI is InChI=1S/C40H66Br2N2O2S/c1-3-5-7-9-11-13-15-17-19-21-23-25-27-29-31-45-37-33-34(44-36-35(43-33)39(41)47-40(36)42)38(37)46-32-30-28-26-24-22-20-18-16-14-12-10-8-6-4-2/h3-32H2,1-2H3. The fourth-order valence-electron chi connectivity index (χ4n) is 6.56. The van der Waals surface area contributed by atoms with Gasteiger partial charge in [0.15, 0.2) is 11.5 Å². The van der Waals surface area contributed by atoms with Crippen molar-refractivity contribution in [1.29, 1.82) is 0 Å². The van der Waals surface area contributed by atoms with E-state index in [0.29, 0.717) is 13.2 Å². The molecule has 47 heavy (non-hydrogen) atoms. The van der Waals surface area contributed by atoms with Crippen molar-refractivity contribution in [2.75, 3.05) is 13.2 Å². The average Bonchev–Trinajstić information content (AvgIpc) is 3.35. The van der Waals surface area contributed by atoms with Gasteiger partial charge >= 0.3 is 0 Å². The number of halogens is 2. The minimum atomic E-state index is 0.715. The third-order valence-electron chi connectivity index (χ3n) is 9.57. The summed E-state index contributed by atoms with van der Waals surface area (Å²) >= 11 is 8.93. The van der Waals surface area contributed by atoms with Gasteiger partial charge in [0, 0.05) is 0 Å². The molecule has 2 heterocycles. The van der Waals surface area contributed by atoms with Gasteiger partial charge in [-0.1, -0.05) is 181 Å². The largest absolute Gasteiger partial charge is 0.487 e. The average molecular weight is 799 g/mol. The van der Waals surface area contributed by atoms with Gasteiger partial charge in [0.1, 0.15) is 22.4 Å². The van der Waals surface area contributed by atoms with Crippen molar-refractivity contribution in [1.82, 2.24) is 9.97 Å². The molecule has 2 aromatic heterocycles. The fraction of sp³-hybridized carbons (Fsp3) is 0.800. The lowest BCUT2D eigenvalue weighted by Gasteiger charge is -2.25. The first-order valence-electron chi connectivity index (χ1n) is 19.8. The molecule has 0 fully saturated rings. The Morgan fingerprint density at radius 2 is 0.660 bits per heavy atom. The monoisotopic (exact) mass is 796 g/mol. The molecule has 1 aliphatic rings. The van der Waals surface area contributed by atoms with Crippen LogP contribution in [0.1, 0.15) is 205 Å². The van der Waals surface area contributed by atoms with Crippen molar-refractivity contribution in [3.63, 3.8) is 0 Å². The number of thiophene rings is 1. The van der Waals surface area contributed by atoms with Gasteiger partial charge in [-0.2, -0.15) is 0 Å². The van der Waals surface area contributed by atoms with Crippen molar-refractivity contribution < 1.29 is 9.47 Å². The summed E-state index contributed by atoms with van der Waals surface area (Å²) in [5, 5.41) is 0. The third kappa shape index (κ3) is 15.8. The molecular weight excluding hydrogens is 732 g/mol. The molecule has 0 amide bonds. The number of hydrogen-bond acceptors (Lipinski definition) is 5. The van der Waals surface area contributed by atoms with E-state index in [1.807, 2.05) is 0 Å². The van der Waals surface area contributed by atoms with E-state index >= 15 is 0 Å². The second-order valence-electron chi connectivity index (χ2n) is 13.8. The first-order chi connectivity index (χ1) is 23.2. The summed E-state index contributed by atoms with van der Waals surface area (Å²) in [6.07, 6.45) is 38.1. The maximum Gasteiger partial charge on any atom is 0.191 e. The van der Waals surface area contributed by atoms with Gasteiger partial charge in [-0.3, -0.25) is 0 Å². The summed E-state index contributed by atoms with van der Waals surface area (Å²) in [6.45, 7) is 6.02. The number of rotatable bonds is 32. The Morgan fingerprint density at radius 3 is 0.936 bits per heavy atom. The van der Waals surface area contributed by atoms with Gasteiger partial charge in [-0.05, 0) is 44.7 Å². The van der Waals surface area contributed by atoms with Crippen LogP contribution in [-0.4, -0.2) is 23.2 Å². The molecular formula is C40H66Br2N2O2S. The fourth-order valence-corrected chi connectivity index (χ4v) is 9.37. The van der Waals surface area contributed by atoms with Crippen LogP contribution in [-0.2, 0) is 9.47 Å². The minimum Gasteiger partial charge on any atom is -0.487 e. The van der Waals surface area contributed by atoms with Crippen molar-refractivity contribution >= 4 is 65.7 Å². The van der Waals surface area contributed by atoms with Crippen LogP contribution in [0.25, 0.3) is 22.6 Å². The van der Waals surface area contributed by atoms with Gasteiger partial charge in [0.2, 0.25) is 0 Å². The Morgan fingerprint density at radius 1 is 0.404 bits per heavy atom. The molecule has 0 spiro atoms. The van der Waals surface area contributed by atoms with Crippen LogP contribution in [0.3, 0.4) is 0 Å². The third-order valence-corrected chi connectivity index (χ3v) is 12.0. The molecule has 0 atom stereocenters. The zero-order valence-electron chi connectivity index (χ0n) is 30.1. The first-order valence-corrected chi connectivity index (χ1v) is 22.2. The van der Waals surface area contributed by atoms with Crippen LogP contribution in [0, 0.1) is 0 Å². The highest BCUT2D eigenvalue weighted by Crippen LogP contribution is 2.44. The molecule has 0 N–H and O–H groups in total. The lowest BCUT2D eigenvalue weighted by Crippen LogP contribution is -2.17. The molecule has 4 nitrogen and oxygen atoms in total. The molecule has 0 bridgehead atoms. The van der Waals surface area contributed by atoms with Gasteiger partial charge in [0.25, 0.3) is 0 Å². The summed E-state index contributed by atoms with van der Waals surface area (Å²) in [6, 6.07) is 0. The van der Waals surface area contributed by atoms with Crippen molar-refractivity contribution in [2.45, 2.75) is 194 Å². The first kappa shape index (κ1) is 40.8. The van der Waals surface area contributed by atoms with E-state index < -0.39 is 0 Å². The van der Waals surface area contributed by atoms with E-state index in [2.05, 4.69) is 45.7 Å². The van der Waals surface area contributed by atoms with Crippen LogP contribution in [0.4, 0.5) is 0 Å². The Labute approximate surface area is 309 Å². The van der Waals surface area contributed by atoms with Crippen molar-refractivity contribution in [3.8, 4) is 0 Å². The molecule has 0 aliphatic heterocycles. The van der Waals surface area contributed by atoms with Gasteiger partial charge in [-0.25, -0.2) is 9.97 Å². The van der Waals surface area contributed by atoms with E-state index in [9.17, 15) is 0 Å². The maximum atomic E-state index is 6.32. The maximum absolute atomic E-state index is 6.32.